The van der Waals surface area contributed by atoms with Crippen molar-refractivity contribution in [2.24, 2.45) is 11.8 Å². The zero-order valence-corrected chi connectivity index (χ0v) is 10.7. The first-order chi connectivity index (χ1) is 8.93. The highest BCUT2D eigenvalue weighted by atomic mass is 16.4. The number of rotatable bonds is 3. The van der Waals surface area contributed by atoms with Crippen LogP contribution in [0.2, 0.25) is 0 Å². The van der Waals surface area contributed by atoms with Crippen LogP contribution in [-0.2, 0) is 16.1 Å². The third-order valence-electron chi connectivity index (χ3n) is 3.49. The SMILES string of the molecule is CC1C(=O)N(Cc2ncccc2C(=O)O)C(=O)C1C. The summed E-state index contributed by atoms with van der Waals surface area (Å²) >= 11 is 0. The molecule has 1 aliphatic rings. The van der Waals surface area contributed by atoms with Gasteiger partial charge in [0, 0.05) is 18.0 Å². The van der Waals surface area contributed by atoms with Crippen molar-refractivity contribution in [3.8, 4) is 0 Å². The van der Waals surface area contributed by atoms with Crippen molar-refractivity contribution in [1.29, 1.82) is 0 Å². The molecule has 0 radical (unpaired) electrons. The third kappa shape index (κ3) is 2.21. The van der Waals surface area contributed by atoms with Crippen LogP contribution < -0.4 is 0 Å². The van der Waals surface area contributed by atoms with Crippen LogP contribution in [0.5, 0.6) is 0 Å². The number of aromatic carboxylic acids is 1. The van der Waals surface area contributed by atoms with E-state index in [1.807, 2.05) is 0 Å². The van der Waals surface area contributed by atoms with Gasteiger partial charge in [-0.25, -0.2) is 4.79 Å². The van der Waals surface area contributed by atoms with Gasteiger partial charge in [0.15, 0.2) is 0 Å². The topological polar surface area (TPSA) is 87.6 Å². The first kappa shape index (κ1) is 13.2. The number of aromatic nitrogens is 1. The predicted octanol–water partition coefficient (Wildman–Crippen LogP) is 0.921. The van der Waals surface area contributed by atoms with Gasteiger partial charge in [0.25, 0.3) is 0 Å². The Morgan fingerprint density at radius 1 is 1.32 bits per heavy atom. The lowest BCUT2D eigenvalue weighted by Crippen LogP contribution is -2.31. The van der Waals surface area contributed by atoms with Crippen LogP contribution >= 0.6 is 0 Å². The molecule has 0 bridgehead atoms. The molecule has 6 nitrogen and oxygen atoms in total. The molecule has 19 heavy (non-hydrogen) atoms. The lowest BCUT2D eigenvalue weighted by molar-refractivity contribution is -0.140. The molecular weight excluding hydrogens is 248 g/mol. The van der Waals surface area contributed by atoms with Gasteiger partial charge in [-0.3, -0.25) is 19.5 Å². The molecule has 0 spiro atoms. The molecule has 2 atom stereocenters. The molecule has 0 aliphatic carbocycles. The second kappa shape index (κ2) is 4.79. The molecule has 2 amide bonds. The minimum absolute atomic E-state index is 0.00954. The maximum atomic E-state index is 11.9. The van der Waals surface area contributed by atoms with E-state index in [9.17, 15) is 14.4 Å². The highest BCUT2D eigenvalue weighted by molar-refractivity contribution is 6.04. The largest absolute Gasteiger partial charge is 0.478 e. The number of carbonyl (C=O) groups is 3. The van der Waals surface area contributed by atoms with Crippen LogP contribution in [0.4, 0.5) is 0 Å². The molecule has 0 aromatic carbocycles. The molecule has 0 saturated carbocycles. The lowest BCUT2D eigenvalue weighted by Gasteiger charge is -2.15. The van der Waals surface area contributed by atoms with Crippen LogP contribution in [0.15, 0.2) is 18.3 Å². The number of hydrogen-bond donors (Lipinski definition) is 1. The summed E-state index contributed by atoms with van der Waals surface area (Å²) in [5.74, 6) is -2.42. The molecule has 2 rings (SSSR count). The number of nitrogens with zero attached hydrogens (tertiary/aromatic N) is 2. The Morgan fingerprint density at radius 2 is 1.89 bits per heavy atom. The van der Waals surface area contributed by atoms with Gasteiger partial charge in [-0.05, 0) is 12.1 Å². The van der Waals surface area contributed by atoms with Gasteiger partial charge in [0.2, 0.25) is 11.8 Å². The molecule has 1 aliphatic heterocycles. The van der Waals surface area contributed by atoms with E-state index in [2.05, 4.69) is 4.98 Å². The number of carboxylic acid groups (broad SMARTS) is 1. The summed E-state index contributed by atoms with van der Waals surface area (Å²) in [7, 11) is 0. The van der Waals surface area contributed by atoms with Crippen molar-refractivity contribution in [1.82, 2.24) is 9.88 Å². The highest BCUT2D eigenvalue weighted by Crippen LogP contribution is 2.27. The van der Waals surface area contributed by atoms with Gasteiger partial charge >= 0.3 is 5.97 Å². The van der Waals surface area contributed by atoms with Crippen LogP contribution in [0, 0.1) is 11.8 Å². The predicted molar refractivity (Wildman–Crippen MR) is 65.1 cm³/mol. The van der Waals surface area contributed by atoms with E-state index < -0.39 is 5.97 Å². The standard InChI is InChI=1S/C13H14N2O4/c1-7-8(2)12(17)15(11(7)16)6-10-9(13(18)19)4-3-5-14-10/h3-5,7-8H,6H2,1-2H3,(H,18,19). The number of pyridine rings is 1. The van der Waals surface area contributed by atoms with Crippen molar-refractivity contribution >= 4 is 17.8 Å². The summed E-state index contributed by atoms with van der Waals surface area (Å²) in [6.07, 6.45) is 1.44. The highest BCUT2D eigenvalue weighted by Gasteiger charge is 2.42. The van der Waals surface area contributed by atoms with Gasteiger partial charge in [-0.1, -0.05) is 13.8 Å². The monoisotopic (exact) mass is 262 g/mol. The Balaban J connectivity index is 2.30. The van der Waals surface area contributed by atoms with Gasteiger partial charge in [-0.15, -0.1) is 0 Å². The molecule has 2 heterocycles. The maximum absolute atomic E-state index is 11.9. The summed E-state index contributed by atoms with van der Waals surface area (Å²) in [6.45, 7) is 3.30. The summed E-state index contributed by atoms with van der Waals surface area (Å²) in [6, 6.07) is 2.91. The minimum atomic E-state index is -1.12. The van der Waals surface area contributed by atoms with E-state index in [0.717, 1.165) is 4.90 Å². The van der Waals surface area contributed by atoms with Crippen LogP contribution in [0.3, 0.4) is 0 Å². The Kier molecular flexibility index (Phi) is 3.33. The number of hydrogen-bond acceptors (Lipinski definition) is 4. The summed E-state index contributed by atoms with van der Waals surface area (Å²) < 4.78 is 0. The average molecular weight is 262 g/mol. The second-order valence-corrected chi connectivity index (χ2v) is 4.64. The molecule has 1 saturated heterocycles. The maximum Gasteiger partial charge on any atom is 0.337 e. The molecule has 1 fully saturated rings. The normalized spacial score (nSPS) is 22.9. The van der Waals surface area contributed by atoms with Gasteiger partial charge in [-0.2, -0.15) is 0 Å². The minimum Gasteiger partial charge on any atom is -0.478 e. The number of imide groups is 1. The fourth-order valence-electron chi connectivity index (χ4n) is 2.09. The van der Waals surface area contributed by atoms with Crippen molar-refractivity contribution in [3.05, 3.63) is 29.6 Å². The Bertz CT molecular complexity index is 535. The number of carboxylic acids is 1. The van der Waals surface area contributed by atoms with Gasteiger partial charge < -0.3 is 5.11 Å². The zero-order chi connectivity index (χ0) is 14.2. The molecule has 1 N–H and O–H groups in total. The molecule has 6 heteroatoms. The Labute approximate surface area is 110 Å². The summed E-state index contributed by atoms with van der Waals surface area (Å²) in [5.41, 5.74) is 0.230. The van der Waals surface area contributed by atoms with E-state index in [4.69, 9.17) is 5.11 Å². The van der Waals surface area contributed by atoms with Crippen molar-refractivity contribution < 1.29 is 19.5 Å². The zero-order valence-electron chi connectivity index (χ0n) is 10.7. The van der Waals surface area contributed by atoms with E-state index >= 15 is 0 Å². The second-order valence-electron chi connectivity index (χ2n) is 4.64. The lowest BCUT2D eigenvalue weighted by atomic mass is 10.00. The third-order valence-corrected chi connectivity index (χ3v) is 3.49. The molecule has 1 aromatic rings. The van der Waals surface area contributed by atoms with E-state index in [-0.39, 0.29) is 41.5 Å². The van der Waals surface area contributed by atoms with E-state index in [1.54, 1.807) is 13.8 Å². The van der Waals surface area contributed by atoms with Crippen molar-refractivity contribution in [3.63, 3.8) is 0 Å². The molecule has 1 aromatic heterocycles. The molecule has 2 unspecified atom stereocenters. The molecular formula is C13H14N2O4. The summed E-state index contributed by atoms with van der Waals surface area (Å²) in [5, 5.41) is 9.05. The van der Waals surface area contributed by atoms with Crippen LogP contribution in [-0.4, -0.2) is 32.8 Å². The van der Waals surface area contributed by atoms with E-state index in [0.29, 0.717) is 0 Å². The first-order valence-electron chi connectivity index (χ1n) is 5.96. The van der Waals surface area contributed by atoms with Crippen molar-refractivity contribution in [2.45, 2.75) is 20.4 Å². The number of amides is 2. The Hall–Kier alpha value is -2.24. The number of likely N-dealkylation sites (tertiary alicyclic amines) is 1. The Morgan fingerprint density at radius 3 is 2.42 bits per heavy atom. The fourth-order valence-corrected chi connectivity index (χ4v) is 2.09. The average Bonchev–Trinajstić information content (AvgIpc) is 2.57. The summed E-state index contributed by atoms with van der Waals surface area (Å²) in [4.78, 5) is 40.0. The molecule has 100 valence electrons. The van der Waals surface area contributed by atoms with Gasteiger partial charge in [0.1, 0.15) is 0 Å². The quantitative estimate of drug-likeness (QED) is 0.818. The van der Waals surface area contributed by atoms with Crippen LogP contribution in [0.1, 0.15) is 29.9 Å². The van der Waals surface area contributed by atoms with Crippen molar-refractivity contribution in [2.75, 3.05) is 0 Å². The fraction of sp³-hybridized carbons (Fsp3) is 0.385. The van der Waals surface area contributed by atoms with E-state index in [1.165, 1.54) is 18.3 Å². The number of carbonyl (C=O) groups excluding carboxylic acids is 2. The van der Waals surface area contributed by atoms with Crippen LogP contribution in [0.25, 0.3) is 0 Å². The van der Waals surface area contributed by atoms with Gasteiger partial charge in [0.05, 0.1) is 17.8 Å². The first-order valence-corrected chi connectivity index (χ1v) is 5.96. The smallest absolute Gasteiger partial charge is 0.337 e.